The van der Waals surface area contributed by atoms with Gasteiger partial charge in [-0.05, 0) is 31.0 Å². The highest BCUT2D eigenvalue weighted by Gasteiger charge is 2.21. The maximum Gasteiger partial charge on any atom is 0.255 e. The van der Waals surface area contributed by atoms with Crippen molar-refractivity contribution in [1.82, 2.24) is 20.1 Å². The minimum Gasteiger partial charge on any atom is -0.345 e. The number of amides is 1. The first-order valence-electron chi connectivity index (χ1n) is 7.98. The van der Waals surface area contributed by atoms with Gasteiger partial charge < -0.3 is 5.32 Å². The van der Waals surface area contributed by atoms with Crippen molar-refractivity contribution in [3.63, 3.8) is 0 Å². The van der Waals surface area contributed by atoms with Crippen LogP contribution in [0.3, 0.4) is 0 Å². The summed E-state index contributed by atoms with van der Waals surface area (Å²) in [4.78, 5) is 17.0. The largest absolute Gasteiger partial charge is 0.345 e. The summed E-state index contributed by atoms with van der Waals surface area (Å²) in [7, 11) is 0. The maximum absolute atomic E-state index is 12.6. The van der Waals surface area contributed by atoms with Crippen molar-refractivity contribution in [3.05, 3.63) is 62.8 Å². The number of hydrogen-bond donors (Lipinski definition) is 1. The SMILES string of the molecule is Cc1csc(CNC(=O)c2cnn(-c3cccc(Cl)c3)c2C(C)C)n1. The van der Waals surface area contributed by atoms with Crippen LogP contribution in [0.5, 0.6) is 0 Å². The summed E-state index contributed by atoms with van der Waals surface area (Å²) in [5.74, 6) is -0.0193. The first-order valence-corrected chi connectivity index (χ1v) is 9.24. The van der Waals surface area contributed by atoms with Gasteiger partial charge in [0, 0.05) is 16.1 Å². The van der Waals surface area contributed by atoms with E-state index < -0.39 is 0 Å². The average molecular weight is 375 g/mol. The molecule has 25 heavy (non-hydrogen) atoms. The average Bonchev–Trinajstić information content (AvgIpc) is 3.19. The van der Waals surface area contributed by atoms with E-state index in [1.807, 2.05) is 50.4 Å². The fourth-order valence-electron chi connectivity index (χ4n) is 2.64. The Balaban J connectivity index is 1.87. The van der Waals surface area contributed by atoms with Crippen molar-refractivity contribution in [2.45, 2.75) is 33.2 Å². The monoisotopic (exact) mass is 374 g/mol. The molecule has 7 heteroatoms. The number of aryl methyl sites for hydroxylation is 1. The van der Waals surface area contributed by atoms with Crippen LogP contribution in [-0.2, 0) is 6.54 Å². The molecule has 0 atom stereocenters. The number of thiazole rings is 1. The number of carbonyl (C=O) groups is 1. The molecule has 5 nitrogen and oxygen atoms in total. The number of benzene rings is 1. The third kappa shape index (κ3) is 3.91. The standard InChI is InChI=1S/C18H19ClN4OS/c1-11(2)17-15(18(24)20-9-16-22-12(3)10-25-16)8-21-23(17)14-6-4-5-13(19)7-14/h4-8,10-11H,9H2,1-3H3,(H,20,24). The lowest BCUT2D eigenvalue weighted by molar-refractivity contribution is 0.0949. The minimum absolute atomic E-state index is 0.129. The van der Waals surface area contributed by atoms with Crippen LogP contribution in [-0.4, -0.2) is 20.7 Å². The lowest BCUT2D eigenvalue weighted by Gasteiger charge is -2.13. The van der Waals surface area contributed by atoms with Gasteiger partial charge in [0.05, 0.1) is 29.7 Å². The van der Waals surface area contributed by atoms with Gasteiger partial charge in [-0.25, -0.2) is 9.67 Å². The summed E-state index contributed by atoms with van der Waals surface area (Å²) in [6.45, 7) is 6.43. The third-order valence-corrected chi connectivity index (χ3v) is 4.92. The normalized spacial score (nSPS) is 11.1. The Hall–Kier alpha value is -2.18. The smallest absolute Gasteiger partial charge is 0.255 e. The van der Waals surface area contributed by atoms with Gasteiger partial charge in [-0.15, -0.1) is 11.3 Å². The van der Waals surface area contributed by atoms with Crippen molar-refractivity contribution in [3.8, 4) is 5.69 Å². The summed E-state index contributed by atoms with van der Waals surface area (Å²) >= 11 is 7.63. The Morgan fingerprint density at radius 1 is 1.40 bits per heavy atom. The Kier molecular flexibility index (Phi) is 5.20. The molecular formula is C18H19ClN4OS. The van der Waals surface area contributed by atoms with Crippen LogP contribution in [0, 0.1) is 6.92 Å². The number of halogens is 1. The number of aromatic nitrogens is 3. The van der Waals surface area contributed by atoms with E-state index in [2.05, 4.69) is 15.4 Å². The fraction of sp³-hybridized carbons (Fsp3) is 0.278. The van der Waals surface area contributed by atoms with Crippen LogP contribution in [0.4, 0.5) is 0 Å². The summed E-state index contributed by atoms with van der Waals surface area (Å²) in [5, 5.41) is 10.8. The molecule has 0 bridgehead atoms. The van der Waals surface area contributed by atoms with E-state index in [1.165, 1.54) is 11.3 Å². The highest BCUT2D eigenvalue weighted by atomic mass is 35.5. The van der Waals surface area contributed by atoms with Crippen molar-refractivity contribution in [2.75, 3.05) is 0 Å². The molecule has 3 rings (SSSR count). The molecule has 2 heterocycles. The summed E-state index contributed by atoms with van der Waals surface area (Å²) < 4.78 is 1.78. The predicted octanol–water partition coefficient (Wildman–Crippen LogP) is 4.34. The fourth-order valence-corrected chi connectivity index (χ4v) is 3.53. The van der Waals surface area contributed by atoms with E-state index in [-0.39, 0.29) is 11.8 Å². The van der Waals surface area contributed by atoms with Crippen molar-refractivity contribution >= 4 is 28.8 Å². The Morgan fingerprint density at radius 2 is 2.20 bits per heavy atom. The molecule has 0 aliphatic heterocycles. The molecule has 0 saturated carbocycles. The number of hydrogen-bond acceptors (Lipinski definition) is 4. The number of nitrogens with one attached hydrogen (secondary N) is 1. The first kappa shape index (κ1) is 17.6. The minimum atomic E-state index is -0.148. The van der Waals surface area contributed by atoms with Gasteiger partial charge in [0.1, 0.15) is 5.01 Å². The molecule has 0 spiro atoms. The molecule has 0 radical (unpaired) electrons. The van der Waals surface area contributed by atoms with Gasteiger partial charge >= 0.3 is 0 Å². The Bertz CT molecular complexity index is 900. The first-order chi connectivity index (χ1) is 12.0. The molecule has 0 fully saturated rings. The van der Waals surface area contributed by atoms with Crippen LogP contribution in [0.15, 0.2) is 35.8 Å². The predicted molar refractivity (Wildman–Crippen MR) is 101 cm³/mol. The van der Waals surface area contributed by atoms with E-state index in [4.69, 9.17) is 11.6 Å². The van der Waals surface area contributed by atoms with Gasteiger partial charge in [0.2, 0.25) is 0 Å². The summed E-state index contributed by atoms with van der Waals surface area (Å²) in [6, 6.07) is 7.44. The van der Waals surface area contributed by atoms with Gasteiger partial charge in [-0.2, -0.15) is 5.10 Å². The van der Waals surface area contributed by atoms with Crippen LogP contribution < -0.4 is 5.32 Å². The van der Waals surface area contributed by atoms with Crippen LogP contribution >= 0.6 is 22.9 Å². The molecule has 1 N–H and O–H groups in total. The molecule has 0 aliphatic rings. The Morgan fingerprint density at radius 3 is 2.84 bits per heavy atom. The molecular weight excluding hydrogens is 356 g/mol. The zero-order chi connectivity index (χ0) is 18.0. The number of rotatable bonds is 5. The second-order valence-electron chi connectivity index (χ2n) is 6.06. The van der Waals surface area contributed by atoms with Crippen molar-refractivity contribution < 1.29 is 4.79 Å². The highest BCUT2D eigenvalue weighted by molar-refractivity contribution is 7.09. The molecule has 1 amide bonds. The van der Waals surface area contributed by atoms with Crippen molar-refractivity contribution in [2.24, 2.45) is 0 Å². The summed E-state index contributed by atoms with van der Waals surface area (Å²) in [5.41, 5.74) is 3.23. The van der Waals surface area contributed by atoms with Crippen LogP contribution in [0.2, 0.25) is 5.02 Å². The van der Waals surface area contributed by atoms with E-state index in [9.17, 15) is 4.79 Å². The van der Waals surface area contributed by atoms with E-state index in [1.54, 1.807) is 10.9 Å². The Labute approximate surface area is 155 Å². The second-order valence-corrected chi connectivity index (χ2v) is 7.43. The lowest BCUT2D eigenvalue weighted by atomic mass is 10.1. The van der Waals surface area contributed by atoms with Crippen LogP contribution in [0.1, 0.15) is 46.5 Å². The van der Waals surface area contributed by atoms with Gasteiger partial charge in [0.25, 0.3) is 5.91 Å². The molecule has 2 aromatic heterocycles. The number of nitrogens with zero attached hydrogens (tertiary/aromatic N) is 3. The van der Waals surface area contributed by atoms with E-state index in [0.29, 0.717) is 17.1 Å². The zero-order valence-corrected chi connectivity index (χ0v) is 15.9. The number of carbonyl (C=O) groups excluding carboxylic acids is 1. The molecule has 0 saturated heterocycles. The molecule has 0 aliphatic carbocycles. The lowest BCUT2D eigenvalue weighted by Crippen LogP contribution is -2.24. The third-order valence-electron chi connectivity index (χ3n) is 3.72. The maximum atomic E-state index is 12.6. The highest BCUT2D eigenvalue weighted by Crippen LogP contribution is 2.24. The topological polar surface area (TPSA) is 59.8 Å². The molecule has 130 valence electrons. The zero-order valence-electron chi connectivity index (χ0n) is 14.3. The molecule has 3 aromatic rings. The molecule has 0 unspecified atom stereocenters. The van der Waals surface area contributed by atoms with Crippen LogP contribution in [0.25, 0.3) is 5.69 Å². The van der Waals surface area contributed by atoms with Gasteiger partial charge in [-0.3, -0.25) is 4.79 Å². The summed E-state index contributed by atoms with van der Waals surface area (Å²) in [6.07, 6.45) is 1.61. The molecule has 1 aromatic carbocycles. The quantitative estimate of drug-likeness (QED) is 0.722. The van der Waals surface area contributed by atoms with E-state index in [0.717, 1.165) is 22.1 Å². The van der Waals surface area contributed by atoms with Gasteiger partial charge in [0.15, 0.2) is 0 Å². The van der Waals surface area contributed by atoms with Crippen molar-refractivity contribution in [1.29, 1.82) is 0 Å². The van der Waals surface area contributed by atoms with E-state index >= 15 is 0 Å². The second kappa shape index (κ2) is 7.37. The van der Waals surface area contributed by atoms with Gasteiger partial charge in [-0.1, -0.05) is 31.5 Å².